The molecule has 1 spiro atoms. The number of likely N-dealkylation sites (tertiary alicyclic amines) is 1. The number of halogens is 1. The van der Waals surface area contributed by atoms with E-state index in [0.717, 1.165) is 26.1 Å². The van der Waals surface area contributed by atoms with Gasteiger partial charge in [0.15, 0.2) is 0 Å². The molecule has 0 aromatic heterocycles. The minimum absolute atomic E-state index is 0.0490. The van der Waals surface area contributed by atoms with Crippen molar-refractivity contribution in [2.75, 3.05) is 31.1 Å². The molecule has 2 saturated heterocycles. The van der Waals surface area contributed by atoms with Crippen LogP contribution in [0, 0.1) is 5.82 Å². The number of carbonyl (C=O) groups is 1. The summed E-state index contributed by atoms with van der Waals surface area (Å²) in [6.45, 7) is 7.49. The molecule has 4 nitrogen and oxygen atoms in total. The number of rotatable bonds is 4. The standard InChI is InChI=1S/C23H27FN2O2/c1-17(2)19-8-6-18(7-9-19)13-25-11-10-23(15-25)16-26(22(27)14-28-23)21-5-3-4-20(24)12-21/h3-9,12,17H,10-11,13-16H2,1-2H3. The molecule has 1 unspecified atom stereocenters. The molecular weight excluding hydrogens is 355 g/mol. The highest BCUT2D eigenvalue weighted by Crippen LogP contribution is 2.33. The SMILES string of the molecule is CC(C)c1ccc(CN2CCC3(C2)CN(c2cccc(F)c2)C(=O)CO3)cc1. The second-order valence-electron chi connectivity index (χ2n) is 8.29. The predicted molar refractivity (Wildman–Crippen MR) is 108 cm³/mol. The van der Waals surface area contributed by atoms with Gasteiger partial charge in [-0.15, -0.1) is 0 Å². The first-order chi connectivity index (χ1) is 13.4. The second-order valence-corrected chi connectivity index (χ2v) is 8.29. The van der Waals surface area contributed by atoms with Crippen LogP contribution in [-0.2, 0) is 16.1 Å². The Bertz CT molecular complexity index is 852. The zero-order chi connectivity index (χ0) is 19.7. The van der Waals surface area contributed by atoms with Crippen molar-refractivity contribution in [3.63, 3.8) is 0 Å². The number of hydrogen-bond donors (Lipinski definition) is 0. The predicted octanol–water partition coefficient (Wildman–Crippen LogP) is 3.96. The largest absolute Gasteiger partial charge is 0.362 e. The molecule has 2 aliphatic heterocycles. The normalized spacial score (nSPS) is 23.1. The third kappa shape index (κ3) is 3.96. The topological polar surface area (TPSA) is 32.8 Å². The lowest BCUT2D eigenvalue weighted by Crippen LogP contribution is -2.56. The van der Waals surface area contributed by atoms with E-state index in [2.05, 4.69) is 43.0 Å². The summed E-state index contributed by atoms with van der Waals surface area (Å²) in [5.41, 5.74) is 2.87. The number of morpholine rings is 1. The number of nitrogens with zero attached hydrogens (tertiary/aromatic N) is 2. The maximum Gasteiger partial charge on any atom is 0.253 e. The first-order valence-electron chi connectivity index (χ1n) is 9.95. The van der Waals surface area contributed by atoms with Gasteiger partial charge < -0.3 is 9.64 Å². The molecule has 2 aliphatic rings. The van der Waals surface area contributed by atoms with E-state index in [1.165, 1.54) is 23.3 Å². The second kappa shape index (κ2) is 7.64. The van der Waals surface area contributed by atoms with Crippen LogP contribution in [0.25, 0.3) is 0 Å². The quantitative estimate of drug-likeness (QED) is 0.803. The van der Waals surface area contributed by atoms with Crippen LogP contribution in [0.2, 0.25) is 0 Å². The van der Waals surface area contributed by atoms with Crippen LogP contribution in [0.3, 0.4) is 0 Å². The third-order valence-electron chi connectivity index (χ3n) is 5.82. The Labute approximate surface area is 165 Å². The van der Waals surface area contributed by atoms with Crippen molar-refractivity contribution >= 4 is 11.6 Å². The fourth-order valence-electron chi connectivity index (χ4n) is 4.17. The summed E-state index contributed by atoms with van der Waals surface area (Å²) in [7, 11) is 0. The van der Waals surface area contributed by atoms with Crippen molar-refractivity contribution < 1.29 is 13.9 Å². The average Bonchev–Trinajstić information content (AvgIpc) is 3.06. The Morgan fingerprint density at radius 1 is 1.14 bits per heavy atom. The summed E-state index contributed by atoms with van der Waals surface area (Å²) in [4.78, 5) is 16.4. The van der Waals surface area contributed by atoms with Gasteiger partial charge in [0.1, 0.15) is 18.0 Å². The Morgan fingerprint density at radius 2 is 1.93 bits per heavy atom. The molecule has 2 heterocycles. The molecule has 0 bridgehead atoms. The number of benzene rings is 2. The molecule has 1 amide bonds. The van der Waals surface area contributed by atoms with Crippen LogP contribution < -0.4 is 4.90 Å². The molecule has 28 heavy (non-hydrogen) atoms. The van der Waals surface area contributed by atoms with Gasteiger partial charge in [-0.3, -0.25) is 9.69 Å². The summed E-state index contributed by atoms with van der Waals surface area (Å²) in [5, 5.41) is 0. The van der Waals surface area contributed by atoms with Gasteiger partial charge in [0, 0.05) is 25.3 Å². The van der Waals surface area contributed by atoms with E-state index in [0.29, 0.717) is 18.2 Å². The molecular formula is C23H27FN2O2. The van der Waals surface area contributed by atoms with E-state index in [9.17, 15) is 9.18 Å². The molecule has 0 radical (unpaired) electrons. The smallest absolute Gasteiger partial charge is 0.253 e. The molecule has 4 rings (SSSR count). The van der Waals surface area contributed by atoms with E-state index < -0.39 is 0 Å². The fourth-order valence-corrected chi connectivity index (χ4v) is 4.17. The molecule has 148 valence electrons. The van der Waals surface area contributed by atoms with Crippen LogP contribution >= 0.6 is 0 Å². The van der Waals surface area contributed by atoms with E-state index in [1.807, 2.05) is 0 Å². The summed E-state index contributed by atoms with van der Waals surface area (Å²) in [6, 6.07) is 15.0. The molecule has 1 atom stereocenters. The highest BCUT2D eigenvalue weighted by Gasteiger charge is 2.45. The zero-order valence-electron chi connectivity index (χ0n) is 16.5. The third-order valence-corrected chi connectivity index (χ3v) is 5.82. The first-order valence-corrected chi connectivity index (χ1v) is 9.95. The van der Waals surface area contributed by atoms with Crippen molar-refractivity contribution in [3.05, 3.63) is 65.5 Å². The summed E-state index contributed by atoms with van der Waals surface area (Å²) in [6.07, 6.45) is 0.871. The molecule has 0 aliphatic carbocycles. The first kappa shape index (κ1) is 19.1. The number of carbonyl (C=O) groups excluding carboxylic acids is 1. The summed E-state index contributed by atoms with van der Waals surface area (Å²) < 4.78 is 19.6. The zero-order valence-corrected chi connectivity index (χ0v) is 16.5. The molecule has 2 aromatic carbocycles. The van der Waals surface area contributed by atoms with Crippen molar-refractivity contribution in [1.29, 1.82) is 0 Å². The lowest BCUT2D eigenvalue weighted by Gasteiger charge is -2.40. The van der Waals surface area contributed by atoms with Crippen LogP contribution in [0.1, 0.15) is 37.3 Å². The van der Waals surface area contributed by atoms with Crippen LogP contribution in [0.5, 0.6) is 0 Å². The fraction of sp³-hybridized carbons (Fsp3) is 0.435. The van der Waals surface area contributed by atoms with Crippen LogP contribution in [-0.4, -0.2) is 42.6 Å². The Balaban J connectivity index is 1.44. The van der Waals surface area contributed by atoms with E-state index in [-0.39, 0.29) is 23.9 Å². The Kier molecular flexibility index (Phi) is 5.21. The Hall–Kier alpha value is -2.24. The molecule has 2 fully saturated rings. The molecule has 2 aromatic rings. The number of hydrogen-bond acceptors (Lipinski definition) is 3. The minimum Gasteiger partial charge on any atom is -0.362 e. The number of ether oxygens (including phenoxy) is 1. The highest BCUT2D eigenvalue weighted by atomic mass is 19.1. The van der Waals surface area contributed by atoms with Crippen molar-refractivity contribution in [3.8, 4) is 0 Å². The van der Waals surface area contributed by atoms with Gasteiger partial charge in [-0.1, -0.05) is 44.2 Å². The van der Waals surface area contributed by atoms with Crippen LogP contribution in [0.4, 0.5) is 10.1 Å². The van der Waals surface area contributed by atoms with E-state index in [4.69, 9.17) is 4.74 Å². The van der Waals surface area contributed by atoms with Gasteiger partial charge in [-0.25, -0.2) is 4.39 Å². The lowest BCUT2D eigenvalue weighted by atomic mass is 9.99. The van der Waals surface area contributed by atoms with E-state index >= 15 is 0 Å². The van der Waals surface area contributed by atoms with Gasteiger partial charge in [-0.05, 0) is 41.7 Å². The maximum atomic E-state index is 13.6. The Morgan fingerprint density at radius 3 is 2.64 bits per heavy atom. The summed E-state index contributed by atoms with van der Waals surface area (Å²) >= 11 is 0. The van der Waals surface area contributed by atoms with Gasteiger partial charge in [0.25, 0.3) is 5.91 Å². The molecule has 0 saturated carbocycles. The highest BCUT2D eigenvalue weighted by molar-refractivity contribution is 5.95. The van der Waals surface area contributed by atoms with Crippen LogP contribution in [0.15, 0.2) is 48.5 Å². The van der Waals surface area contributed by atoms with Crippen molar-refractivity contribution in [1.82, 2.24) is 4.90 Å². The van der Waals surface area contributed by atoms with Gasteiger partial charge in [0.2, 0.25) is 0 Å². The van der Waals surface area contributed by atoms with Gasteiger partial charge in [0.05, 0.1) is 6.54 Å². The van der Waals surface area contributed by atoms with Gasteiger partial charge in [-0.2, -0.15) is 0 Å². The summed E-state index contributed by atoms with van der Waals surface area (Å²) in [5.74, 6) is 0.0915. The average molecular weight is 382 g/mol. The van der Waals surface area contributed by atoms with Crippen molar-refractivity contribution in [2.24, 2.45) is 0 Å². The lowest BCUT2D eigenvalue weighted by molar-refractivity contribution is -0.137. The molecule has 5 heteroatoms. The monoisotopic (exact) mass is 382 g/mol. The minimum atomic E-state index is -0.377. The van der Waals surface area contributed by atoms with Gasteiger partial charge >= 0.3 is 0 Å². The number of anilines is 1. The number of amides is 1. The van der Waals surface area contributed by atoms with E-state index in [1.54, 1.807) is 17.0 Å². The molecule has 0 N–H and O–H groups in total. The van der Waals surface area contributed by atoms with Crippen molar-refractivity contribution in [2.45, 2.75) is 38.3 Å². The maximum absolute atomic E-state index is 13.6.